The molecule has 5 N–H and O–H groups in total. The summed E-state index contributed by atoms with van der Waals surface area (Å²) >= 11 is 0. The van der Waals surface area contributed by atoms with Crippen LogP contribution in [0.4, 0.5) is 5.95 Å². The summed E-state index contributed by atoms with van der Waals surface area (Å²) in [5.74, 6) is -0.136. The van der Waals surface area contributed by atoms with Crippen LogP contribution in [-0.2, 0) is 0 Å². The van der Waals surface area contributed by atoms with E-state index in [1.807, 2.05) is 13.1 Å². The van der Waals surface area contributed by atoms with Gasteiger partial charge in [0.2, 0.25) is 5.95 Å². The Morgan fingerprint density at radius 1 is 1.57 bits per heavy atom. The molecule has 124 valence electrons. The molecule has 0 aromatic carbocycles. The van der Waals surface area contributed by atoms with E-state index in [-0.39, 0.29) is 41.1 Å². The summed E-state index contributed by atoms with van der Waals surface area (Å²) in [6.45, 7) is 7.79. The Hall–Kier alpha value is -1.97. The van der Waals surface area contributed by atoms with Gasteiger partial charge in [-0.2, -0.15) is 4.98 Å². The number of aliphatic hydroxyl groups excluding tert-OH is 1. The second-order valence-corrected chi connectivity index (χ2v) is 10.7. The second-order valence-electron chi connectivity index (χ2n) is 6.65. The lowest BCUT2D eigenvalue weighted by Crippen LogP contribution is -2.35. The largest absolute Gasteiger partial charge is 0.432 e. The van der Waals surface area contributed by atoms with Gasteiger partial charge < -0.3 is 20.2 Å². The van der Waals surface area contributed by atoms with Crippen molar-refractivity contribution in [3.8, 4) is 0 Å². The maximum Gasteiger partial charge on any atom is 0.280 e. The van der Waals surface area contributed by atoms with Gasteiger partial charge in [-0.25, -0.2) is 4.98 Å². The van der Waals surface area contributed by atoms with Crippen LogP contribution < -0.4 is 11.3 Å². The van der Waals surface area contributed by atoms with Gasteiger partial charge in [0.1, 0.15) is 0 Å². The van der Waals surface area contributed by atoms with E-state index < -0.39 is 8.32 Å². The molecule has 2 heterocycles. The number of nitrogens with two attached hydrogens (primary N) is 1. The van der Waals surface area contributed by atoms with E-state index in [1.54, 1.807) is 10.9 Å². The van der Waals surface area contributed by atoms with Crippen LogP contribution in [0.1, 0.15) is 12.5 Å². The van der Waals surface area contributed by atoms with Crippen LogP contribution in [0.2, 0.25) is 18.6 Å². The highest BCUT2D eigenvalue weighted by Crippen LogP contribution is 2.50. The van der Waals surface area contributed by atoms with Crippen molar-refractivity contribution in [1.82, 2.24) is 19.5 Å². The van der Waals surface area contributed by atoms with Gasteiger partial charge in [-0.15, -0.1) is 0 Å². The number of imidazole rings is 1. The molecule has 23 heavy (non-hydrogen) atoms. The van der Waals surface area contributed by atoms with E-state index in [9.17, 15) is 14.7 Å². The van der Waals surface area contributed by atoms with Gasteiger partial charge >= 0.3 is 0 Å². The maximum atomic E-state index is 11.9. The van der Waals surface area contributed by atoms with Crippen molar-refractivity contribution in [3.05, 3.63) is 28.8 Å². The number of H-pyrrole nitrogens is 1. The van der Waals surface area contributed by atoms with Crippen molar-refractivity contribution in [2.75, 3.05) is 12.3 Å². The normalized spacial score (nSPS) is 25.4. The number of hydrogen-bond donors (Lipinski definition) is 4. The lowest BCUT2D eigenvalue weighted by Gasteiger charge is -2.27. The fraction of sp³-hybridized carbons (Fsp3) is 0.500. The van der Waals surface area contributed by atoms with Gasteiger partial charge in [0.25, 0.3) is 5.56 Å². The van der Waals surface area contributed by atoms with Crippen molar-refractivity contribution in [3.63, 3.8) is 0 Å². The molecular weight excluding hydrogens is 314 g/mol. The number of nitrogens with one attached hydrogen (secondary N) is 1. The fourth-order valence-corrected chi connectivity index (χ4v) is 5.65. The smallest absolute Gasteiger partial charge is 0.280 e. The highest BCUT2D eigenvalue weighted by atomic mass is 28.4. The molecule has 9 heteroatoms. The molecule has 2 aromatic rings. The number of anilines is 1. The van der Waals surface area contributed by atoms with Crippen molar-refractivity contribution >= 4 is 25.4 Å². The third-order valence-corrected chi connectivity index (χ3v) is 7.21. The minimum atomic E-state index is -2.46. The molecule has 3 atom stereocenters. The predicted octanol–water partition coefficient (Wildman–Crippen LogP) is 0.379. The van der Waals surface area contributed by atoms with Crippen molar-refractivity contribution in [2.45, 2.75) is 31.1 Å². The van der Waals surface area contributed by atoms with Gasteiger partial charge in [-0.1, -0.05) is 6.58 Å². The molecule has 1 aliphatic carbocycles. The number of aliphatic hydroxyl groups is 1. The monoisotopic (exact) mass is 335 g/mol. The zero-order valence-corrected chi connectivity index (χ0v) is 14.2. The van der Waals surface area contributed by atoms with Crippen molar-refractivity contribution < 1.29 is 9.90 Å². The molecule has 0 amide bonds. The maximum absolute atomic E-state index is 11.9. The van der Waals surface area contributed by atoms with E-state index in [1.165, 1.54) is 0 Å². The summed E-state index contributed by atoms with van der Waals surface area (Å²) in [7, 11) is -2.46. The number of rotatable bonds is 3. The van der Waals surface area contributed by atoms with E-state index in [4.69, 9.17) is 5.73 Å². The SMILES string of the molecule is C=C1C(CO)C([Si](C)(C)O)CC1n1cnc2c(=O)[nH]c(N)nc21. The van der Waals surface area contributed by atoms with Crippen LogP contribution >= 0.6 is 0 Å². The topological polar surface area (TPSA) is 130 Å². The minimum Gasteiger partial charge on any atom is -0.432 e. The first-order valence-electron chi connectivity index (χ1n) is 7.48. The van der Waals surface area contributed by atoms with Crippen LogP contribution in [0.25, 0.3) is 11.2 Å². The Balaban J connectivity index is 2.09. The summed E-state index contributed by atoms with van der Waals surface area (Å²) in [4.78, 5) is 33.2. The van der Waals surface area contributed by atoms with E-state index >= 15 is 0 Å². The van der Waals surface area contributed by atoms with Crippen LogP contribution in [0, 0.1) is 5.92 Å². The van der Waals surface area contributed by atoms with Gasteiger partial charge in [0.15, 0.2) is 19.5 Å². The summed E-state index contributed by atoms with van der Waals surface area (Å²) in [6, 6.07) is -0.172. The quantitative estimate of drug-likeness (QED) is 0.474. The molecule has 0 spiro atoms. The molecule has 8 nitrogen and oxygen atoms in total. The first kappa shape index (κ1) is 15.9. The highest BCUT2D eigenvalue weighted by molar-refractivity contribution is 6.71. The number of aromatic nitrogens is 4. The Labute approximate surface area is 133 Å². The Morgan fingerprint density at radius 3 is 2.83 bits per heavy atom. The first-order valence-corrected chi connectivity index (χ1v) is 10.5. The van der Waals surface area contributed by atoms with Gasteiger partial charge in [0.05, 0.1) is 12.4 Å². The number of nitrogens with zero attached hydrogens (tertiary/aromatic N) is 3. The lowest BCUT2D eigenvalue weighted by atomic mass is 10.0. The van der Waals surface area contributed by atoms with Gasteiger partial charge in [0, 0.05) is 12.5 Å². The number of nitrogen functional groups attached to an aromatic ring is 1. The molecule has 1 aliphatic rings. The molecular formula is C14H21N5O3Si. The molecule has 0 bridgehead atoms. The average molecular weight is 335 g/mol. The van der Waals surface area contributed by atoms with Crippen LogP contribution in [-0.4, -0.2) is 44.3 Å². The fourth-order valence-electron chi connectivity index (χ4n) is 3.55. The zero-order valence-electron chi connectivity index (χ0n) is 13.2. The van der Waals surface area contributed by atoms with E-state index in [0.29, 0.717) is 12.1 Å². The summed E-state index contributed by atoms with van der Waals surface area (Å²) in [6.07, 6.45) is 2.19. The molecule has 1 saturated carbocycles. The Morgan fingerprint density at radius 2 is 2.26 bits per heavy atom. The molecule has 0 radical (unpaired) electrons. The minimum absolute atomic E-state index is 0.0122. The number of aromatic amines is 1. The first-order chi connectivity index (χ1) is 10.7. The van der Waals surface area contributed by atoms with Crippen LogP contribution in [0.5, 0.6) is 0 Å². The molecule has 3 rings (SSSR count). The average Bonchev–Trinajstić information content (AvgIpc) is 2.99. The van der Waals surface area contributed by atoms with Gasteiger partial charge in [-0.05, 0) is 30.6 Å². The predicted molar refractivity (Wildman–Crippen MR) is 89.4 cm³/mol. The number of hydrogen-bond acceptors (Lipinski definition) is 6. The molecule has 2 aromatic heterocycles. The summed E-state index contributed by atoms with van der Waals surface area (Å²) in [5, 5.41) is 9.72. The van der Waals surface area contributed by atoms with E-state index in [2.05, 4.69) is 21.5 Å². The second kappa shape index (κ2) is 5.29. The Bertz CT molecular complexity index is 822. The van der Waals surface area contributed by atoms with Crippen molar-refractivity contribution in [2.24, 2.45) is 5.92 Å². The van der Waals surface area contributed by atoms with Crippen molar-refractivity contribution in [1.29, 1.82) is 0 Å². The molecule has 1 fully saturated rings. The summed E-state index contributed by atoms with van der Waals surface area (Å²) in [5.41, 5.74) is 6.67. The zero-order chi connectivity index (χ0) is 16.9. The molecule has 3 unspecified atom stereocenters. The van der Waals surface area contributed by atoms with Gasteiger partial charge in [-0.3, -0.25) is 9.78 Å². The van der Waals surface area contributed by atoms with E-state index in [0.717, 1.165) is 5.57 Å². The van der Waals surface area contributed by atoms with Crippen LogP contribution in [0.15, 0.2) is 23.3 Å². The highest BCUT2D eigenvalue weighted by Gasteiger charge is 2.46. The van der Waals surface area contributed by atoms with Crippen LogP contribution in [0.3, 0.4) is 0 Å². The number of fused-ring (bicyclic) bond motifs is 1. The molecule has 0 saturated heterocycles. The lowest BCUT2D eigenvalue weighted by molar-refractivity contribution is 0.243. The molecule has 0 aliphatic heterocycles. The third-order valence-electron chi connectivity index (χ3n) is 4.76. The Kier molecular flexibility index (Phi) is 3.66. The standard InChI is InChI=1S/C14H21N5O3Si/c1-7-8(5-20)10(23(2,3)22)4-9(7)19-6-16-11-12(19)17-14(15)18-13(11)21/h6,8-10,20,22H,1,4-5H2,2-3H3,(H3,15,17,18,21). The third kappa shape index (κ3) is 2.50. The summed E-state index contributed by atoms with van der Waals surface area (Å²) < 4.78 is 1.77.